The maximum absolute atomic E-state index is 12.8. The molecule has 1 saturated heterocycles. The first-order chi connectivity index (χ1) is 13.4. The predicted octanol–water partition coefficient (Wildman–Crippen LogP) is 3.21. The third-order valence-corrected chi connectivity index (χ3v) is 5.81. The number of aromatic nitrogens is 1. The van der Waals surface area contributed by atoms with Gasteiger partial charge in [-0.05, 0) is 25.5 Å². The van der Waals surface area contributed by atoms with E-state index >= 15 is 0 Å². The van der Waals surface area contributed by atoms with Gasteiger partial charge in [0.05, 0.1) is 16.3 Å². The first kappa shape index (κ1) is 20.2. The molecule has 0 saturated carbocycles. The highest BCUT2D eigenvalue weighted by molar-refractivity contribution is 7.13. The predicted molar refractivity (Wildman–Crippen MR) is 101 cm³/mol. The highest BCUT2D eigenvalue weighted by Crippen LogP contribution is 2.24. The Kier molecular flexibility index (Phi) is 6.23. The first-order valence-corrected chi connectivity index (χ1v) is 9.81. The van der Waals surface area contributed by atoms with E-state index < -0.39 is 6.61 Å². The number of hydrogen-bond donors (Lipinski definition) is 0. The minimum atomic E-state index is -3.00. The van der Waals surface area contributed by atoms with Crippen LogP contribution in [0.5, 0.6) is 5.75 Å². The Balaban J connectivity index is 1.66. The lowest BCUT2D eigenvalue weighted by molar-refractivity contribution is -0.0503. The van der Waals surface area contributed by atoms with Crippen LogP contribution in [0.25, 0.3) is 0 Å². The Morgan fingerprint density at radius 1 is 1.14 bits per heavy atom. The summed E-state index contributed by atoms with van der Waals surface area (Å²) in [5, 5.41) is 0.922. The fourth-order valence-corrected chi connectivity index (χ4v) is 4.04. The molecule has 1 aromatic carbocycles. The summed E-state index contributed by atoms with van der Waals surface area (Å²) >= 11 is 1.40. The van der Waals surface area contributed by atoms with Gasteiger partial charge in [-0.15, -0.1) is 11.3 Å². The maximum atomic E-state index is 12.8. The average molecular weight is 409 g/mol. The van der Waals surface area contributed by atoms with Crippen LogP contribution in [0.3, 0.4) is 0 Å². The number of benzene rings is 1. The van der Waals surface area contributed by atoms with E-state index in [4.69, 9.17) is 0 Å². The van der Waals surface area contributed by atoms with Crippen LogP contribution in [0, 0.1) is 6.92 Å². The van der Waals surface area contributed by atoms with E-state index in [2.05, 4.69) is 9.72 Å². The van der Waals surface area contributed by atoms with E-state index in [-0.39, 0.29) is 23.1 Å². The van der Waals surface area contributed by atoms with Crippen LogP contribution in [0.15, 0.2) is 24.3 Å². The standard InChI is InChI=1S/C19H21F2N3O3S/c1-3-15-22-12(2)16(28-15)18(26)24-10-8-23(9-11-24)17(25)13-6-4-5-7-14(13)27-19(20)21/h4-7,19H,3,8-11H2,1-2H3. The van der Waals surface area contributed by atoms with Gasteiger partial charge in [0.25, 0.3) is 11.8 Å². The Labute approximate surface area is 165 Å². The lowest BCUT2D eigenvalue weighted by Gasteiger charge is -2.34. The number of carbonyl (C=O) groups excluding carboxylic acids is 2. The monoisotopic (exact) mass is 409 g/mol. The normalized spacial score (nSPS) is 14.5. The van der Waals surface area contributed by atoms with E-state index in [0.717, 1.165) is 17.1 Å². The summed E-state index contributed by atoms with van der Waals surface area (Å²) in [5.41, 5.74) is 0.817. The molecule has 0 atom stereocenters. The van der Waals surface area contributed by atoms with E-state index in [1.54, 1.807) is 15.9 Å². The smallest absolute Gasteiger partial charge is 0.387 e. The zero-order valence-electron chi connectivity index (χ0n) is 15.7. The van der Waals surface area contributed by atoms with Gasteiger partial charge in [-0.2, -0.15) is 8.78 Å². The molecule has 2 heterocycles. The van der Waals surface area contributed by atoms with Crippen molar-refractivity contribution in [2.24, 2.45) is 0 Å². The van der Waals surface area contributed by atoms with Crippen molar-refractivity contribution in [2.45, 2.75) is 26.9 Å². The Bertz CT molecular complexity index is 864. The average Bonchev–Trinajstić information content (AvgIpc) is 3.08. The van der Waals surface area contributed by atoms with Gasteiger partial charge >= 0.3 is 6.61 Å². The van der Waals surface area contributed by atoms with Crippen LogP contribution in [0.4, 0.5) is 8.78 Å². The second kappa shape index (κ2) is 8.64. The molecule has 0 radical (unpaired) electrons. The molecule has 3 rings (SSSR count). The number of amides is 2. The first-order valence-electron chi connectivity index (χ1n) is 8.99. The number of rotatable bonds is 5. The molecule has 0 aliphatic carbocycles. The summed E-state index contributed by atoms with van der Waals surface area (Å²) in [6.45, 7) is 2.22. The minimum absolute atomic E-state index is 0.0803. The van der Waals surface area contributed by atoms with Crippen molar-refractivity contribution < 1.29 is 23.1 Å². The zero-order valence-corrected chi connectivity index (χ0v) is 16.5. The third kappa shape index (κ3) is 4.30. The van der Waals surface area contributed by atoms with Crippen molar-refractivity contribution in [2.75, 3.05) is 26.2 Å². The number of piperazine rings is 1. The fraction of sp³-hybridized carbons (Fsp3) is 0.421. The van der Waals surface area contributed by atoms with Crippen LogP contribution in [-0.2, 0) is 6.42 Å². The topological polar surface area (TPSA) is 62.7 Å². The molecule has 2 aromatic rings. The highest BCUT2D eigenvalue weighted by Gasteiger charge is 2.29. The zero-order chi connectivity index (χ0) is 20.3. The largest absolute Gasteiger partial charge is 0.434 e. The van der Waals surface area contributed by atoms with Crippen molar-refractivity contribution in [3.8, 4) is 5.75 Å². The molecule has 1 fully saturated rings. The van der Waals surface area contributed by atoms with Gasteiger partial charge in [0.2, 0.25) is 0 Å². The van der Waals surface area contributed by atoms with E-state index in [1.165, 1.54) is 29.5 Å². The van der Waals surface area contributed by atoms with Gasteiger partial charge in [0.1, 0.15) is 10.6 Å². The van der Waals surface area contributed by atoms with Gasteiger partial charge in [-0.3, -0.25) is 9.59 Å². The Hall–Kier alpha value is -2.55. The molecule has 1 aliphatic heterocycles. The molecule has 0 bridgehead atoms. The molecular weight excluding hydrogens is 388 g/mol. The lowest BCUT2D eigenvalue weighted by Crippen LogP contribution is -2.50. The van der Waals surface area contributed by atoms with E-state index in [1.807, 2.05) is 13.8 Å². The number of halogens is 2. The molecule has 1 aromatic heterocycles. The maximum Gasteiger partial charge on any atom is 0.387 e. The van der Waals surface area contributed by atoms with Gasteiger partial charge in [0, 0.05) is 26.2 Å². The number of alkyl halides is 2. The number of hydrogen-bond acceptors (Lipinski definition) is 5. The van der Waals surface area contributed by atoms with Gasteiger partial charge in [-0.1, -0.05) is 19.1 Å². The van der Waals surface area contributed by atoms with Gasteiger partial charge in [-0.25, -0.2) is 4.98 Å². The van der Waals surface area contributed by atoms with Crippen LogP contribution < -0.4 is 4.74 Å². The summed E-state index contributed by atoms with van der Waals surface area (Å²) in [7, 11) is 0. The number of thiazole rings is 1. The number of nitrogens with zero attached hydrogens (tertiary/aromatic N) is 3. The molecule has 0 spiro atoms. The van der Waals surface area contributed by atoms with Crippen molar-refractivity contribution in [3.05, 3.63) is 45.4 Å². The molecule has 2 amide bonds. The highest BCUT2D eigenvalue weighted by atomic mass is 32.1. The fourth-order valence-electron chi connectivity index (χ4n) is 3.07. The molecule has 28 heavy (non-hydrogen) atoms. The second-order valence-electron chi connectivity index (χ2n) is 6.33. The summed E-state index contributed by atoms with van der Waals surface area (Å²) in [5.74, 6) is -0.609. The van der Waals surface area contributed by atoms with Crippen LogP contribution in [0.1, 0.15) is 37.7 Å². The summed E-state index contributed by atoms with van der Waals surface area (Å²) in [6.07, 6.45) is 0.779. The number of aryl methyl sites for hydroxylation is 2. The molecule has 150 valence electrons. The second-order valence-corrected chi connectivity index (χ2v) is 7.42. The molecule has 1 aliphatic rings. The summed E-state index contributed by atoms with van der Waals surface area (Å²) in [6, 6.07) is 5.94. The number of para-hydroxylation sites is 1. The SMILES string of the molecule is CCc1nc(C)c(C(=O)N2CCN(C(=O)c3ccccc3OC(F)F)CC2)s1. The third-order valence-electron chi connectivity index (χ3n) is 4.53. The van der Waals surface area contributed by atoms with E-state index in [9.17, 15) is 18.4 Å². The van der Waals surface area contributed by atoms with Gasteiger partial charge in [0.15, 0.2) is 0 Å². The number of carbonyl (C=O) groups is 2. The van der Waals surface area contributed by atoms with Crippen molar-refractivity contribution in [3.63, 3.8) is 0 Å². The van der Waals surface area contributed by atoms with Crippen LogP contribution in [0.2, 0.25) is 0 Å². The van der Waals surface area contributed by atoms with Crippen LogP contribution in [-0.4, -0.2) is 59.4 Å². The molecular formula is C19H21F2N3O3S. The van der Waals surface area contributed by atoms with Crippen molar-refractivity contribution in [1.29, 1.82) is 0 Å². The molecule has 0 N–H and O–H groups in total. The van der Waals surface area contributed by atoms with Crippen molar-refractivity contribution >= 4 is 23.2 Å². The van der Waals surface area contributed by atoms with E-state index in [0.29, 0.717) is 31.1 Å². The molecule has 6 nitrogen and oxygen atoms in total. The minimum Gasteiger partial charge on any atom is -0.434 e. The van der Waals surface area contributed by atoms with Gasteiger partial charge < -0.3 is 14.5 Å². The summed E-state index contributed by atoms with van der Waals surface area (Å²) in [4.78, 5) is 33.8. The van der Waals surface area contributed by atoms with Crippen LogP contribution >= 0.6 is 11.3 Å². The molecule has 0 unspecified atom stereocenters. The van der Waals surface area contributed by atoms with Crippen molar-refractivity contribution in [1.82, 2.24) is 14.8 Å². The quantitative estimate of drug-likeness (QED) is 0.761. The Morgan fingerprint density at radius 3 is 2.32 bits per heavy atom. The Morgan fingerprint density at radius 2 is 1.75 bits per heavy atom. The summed E-state index contributed by atoms with van der Waals surface area (Å²) < 4.78 is 29.6. The lowest BCUT2D eigenvalue weighted by atomic mass is 10.1. The molecule has 9 heteroatoms. The number of ether oxygens (including phenoxy) is 1.